The van der Waals surface area contributed by atoms with Crippen LogP contribution in [0.4, 0.5) is 5.82 Å². The standard InChI is InChI=1S/C21H25N5O3/c22-20-7-6-14(10-23-20)8-17(21(27)28)18-12-26(13-24-18)11-16-9-19(29-25-16)15-4-2-1-3-5-15/h6-7,9-10,12-13,15,17H,1-5,8,11H2,(H2,22,23)(H,27,28). The van der Waals surface area contributed by atoms with Gasteiger partial charge >= 0.3 is 5.97 Å². The summed E-state index contributed by atoms with van der Waals surface area (Å²) in [7, 11) is 0. The molecule has 3 N–H and O–H groups in total. The van der Waals surface area contributed by atoms with Crippen molar-refractivity contribution in [1.29, 1.82) is 0 Å². The highest BCUT2D eigenvalue weighted by Gasteiger charge is 2.24. The fraction of sp³-hybridized carbons (Fsp3) is 0.429. The average Bonchev–Trinajstić information content (AvgIpc) is 3.38. The number of imidazole rings is 1. The van der Waals surface area contributed by atoms with Gasteiger partial charge in [0.2, 0.25) is 0 Å². The number of nitrogens with two attached hydrogens (primary N) is 1. The Bertz CT molecular complexity index is 957. The van der Waals surface area contributed by atoms with Crippen molar-refractivity contribution >= 4 is 11.8 Å². The van der Waals surface area contributed by atoms with Gasteiger partial charge in [-0.3, -0.25) is 4.79 Å². The molecule has 1 aliphatic carbocycles. The summed E-state index contributed by atoms with van der Waals surface area (Å²) in [6.07, 6.45) is 11.4. The fourth-order valence-corrected chi connectivity index (χ4v) is 3.92. The lowest BCUT2D eigenvalue weighted by Gasteiger charge is -2.18. The Morgan fingerprint density at radius 1 is 1.28 bits per heavy atom. The molecule has 1 saturated carbocycles. The third-order valence-corrected chi connectivity index (χ3v) is 5.53. The second kappa shape index (κ2) is 8.46. The van der Waals surface area contributed by atoms with Crippen LogP contribution in [0.15, 0.2) is 41.4 Å². The number of rotatable bonds is 7. The number of carbonyl (C=O) groups is 1. The van der Waals surface area contributed by atoms with Crippen LogP contribution in [0.25, 0.3) is 0 Å². The number of aromatic nitrogens is 4. The Morgan fingerprint density at radius 2 is 2.10 bits per heavy atom. The van der Waals surface area contributed by atoms with Gasteiger partial charge in [-0.2, -0.15) is 0 Å². The predicted molar refractivity (Wildman–Crippen MR) is 106 cm³/mol. The van der Waals surface area contributed by atoms with Crippen molar-refractivity contribution in [2.75, 3.05) is 5.73 Å². The molecule has 0 saturated heterocycles. The quantitative estimate of drug-likeness (QED) is 0.629. The minimum absolute atomic E-state index is 0.301. The molecule has 1 atom stereocenters. The Morgan fingerprint density at radius 3 is 2.83 bits per heavy atom. The van der Waals surface area contributed by atoms with Crippen LogP contribution < -0.4 is 5.73 Å². The molecular formula is C21H25N5O3. The smallest absolute Gasteiger partial charge is 0.312 e. The number of carboxylic acids is 1. The maximum atomic E-state index is 11.8. The predicted octanol–water partition coefficient (Wildman–Crippen LogP) is 3.36. The summed E-state index contributed by atoms with van der Waals surface area (Å²) in [5.74, 6) is 0.155. The Hall–Kier alpha value is -3.16. The molecular weight excluding hydrogens is 370 g/mol. The van der Waals surface area contributed by atoms with Crippen molar-refractivity contribution < 1.29 is 14.4 Å². The molecule has 3 heterocycles. The van der Waals surface area contributed by atoms with E-state index in [1.807, 2.05) is 10.6 Å². The van der Waals surface area contributed by atoms with Crippen LogP contribution in [0.2, 0.25) is 0 Å². The molecule has 0 radical (unpaired) electrons. The lowest BCUT2D eigenvalue weighted by atomic mass is 9.87. The van der Waals surface area contributed by atoms with Crippen molar-refractivity contribution in [3.05, 3.63) is 59.6 Å². The summed E-state index contributed by atoms with van der Waals surface area (Å²) < 4.78 is 7.40. The van der Waals surface area contributed by atoms with Crippen LogP contribution in [0, 0.1) is 0 Å². The number of nitrogens with zero attached hydrogens (tertiary/aromatic N) is 4. The zero-order valence-electron chi connectivity index (χ0n) is 16.2. The monoisotopic (exact) mass is 395 g/mol. The van der Waals surface area contributed by atoms with E-state index in [-0.39, 0.29) is 0 Å². The fourth-order valence-electron chi connectivity index (χ4n) is 3.92. The van der Waals surface area contributed by atoms with E-state index in [0.717, 1.165) is 29.9 Å². The number of nitrogen functional groups attached to an aromatic ring is 1. The molecule has 1 aliphatic rings. The van der Waals surface area contributed by atoms with Crippen LogP contribution in [-0.4, -0.2) is 30.8 Å². The van der Waals surface area contributed by atoms with Gasteiger partial charge < -0.3 is 19.9 Å². The van der Waals surface area contributed by atoms with Crippen molar-refractivity contribution in [2.45, 2.75) is 56.9 Å². The molecule has 8 heteroatoms. The van der Waals surface area contributed by atoms with E-state index in [1.54, 1.807) is 30.9 Å². The summed E-state index contributed by atoms with van der Waals surface area (Å²) in [5.41, 5.74) is 7.73. The number of carboxylic acid groups (broad SMARTS) is 1. The molecule has 0 aromatic carbocycles. The molecule has 0 amide bonds. The van der Waals surface area contributed by atoms with E-state index in [4.69, 9.17) is 10.3 Å². The summed E-state index contributed by atoms with van der Waals surface area (Å²) in [6, 6.07) is 5.48. The molecule has 152 valence electrons. The molecule has 1 fully saturated rings. The topological polar surface area (TPSA) is 120 Å². The van der Waals surface area contributed by atoms with Crippen molar-refractivity contribution in [3.8, 4) is 0 Å². The first-order valence-electron chi connectivity index (χ1n) is 9.99. The van der Waals surface area contributed by atoms with Gasteiger partial charge in [0.25, 0.3) is 0 Å². The zero-order valence-corrected chi connectivity index (χ0v) is 16.2. The molecule has 29 heavy (non-hydrogen) atoms. The van der Waals surface area contributed by atoms with E-state index in [9.17, 15) is 9.90 Å². The third kappa shape index (κ3) is 4.64. The summed E-state index contributed by atoms with van der Waals surface area (Å²) in [5, 5.41) is 13.9. The van der Waals surface area contributed by atoms with Gasteiger partial charge in [0, 0.05) is 24.4 Å². The molecule has 0 aliphatic heterocycles. The van der Waals surface area contributed by atoms with Crippen LogP contribution in [-0.2, 0) is 17.8 Å². The summed E-state index contributed by atoms with van der Waals surface area (Å²) in [4.78, 5) is 20.1. The lowest BCUT2D eigenvalue weighted by molar-refractivity contribution is -0.138. The number of hydrogen-bond donors (Lipinski definition) is 2. The van der Waals surface area contributed by atoms with Crippen LogP contribution in [0.1, 0.15) is 66.7 Å². The second-order valence-corrected chi connectivity index (χ2v) is 7.71. The summed E-state index contributed by atoms with van der Waals surface area (Å²) in [6.45, 7) is 0.499. The highest BCUT2D eigenvalue weighted by molar-refractivity contribution is 5.75. The van der Waals surface area contributed by atoms with Crippen molar-refractivity contribution in [1.82, 2.24) is 19.7 Å². The molecule has 3 aromatic rings. The highest BCUT2D eigenvalue weighted by atomic mass is 16.5. The van der Waals surface area contributed by atoms with Gasteiger partial charge in [-0.1, -0.05) is 30.5 Å². The SMILES string of the molecule is Nc1ccc(CC(C(=O)O)c2cn(Cc3cc(C4CCCCC4)on3)cn2)cn1. The Balaban J connectivity index is 1.44. The van der Waals surface area contributed by atoms with E-state index in [0.29, 0.717) is 30.4 Å². The molecule has 0 bridgehead atoms. The van der Waals surface area contributed by atoms with Crippen LogP contribution in [0.3, 0.4) is 0 Å². The lowest BCUT2D eigenvalue weighted by Crippen LogP contribution is -2.15. The maximum Gasteiger partial charge on any atom is 0.312 e. The van der Waals surface area contributed by atoms with Crippen molar-refractivity contribution in [3.63, 3.8) is 0 Å². The van der Waals surface area contributed by atoms with E-state index >= 15 is 0 Å². The first-order valence-corrected chi connectivity index (χ1v) is 9.99. The number of aliphatic carboxylic acids is 1. The minimum Gasteiger partial charge on any atom is -0.481 e. The normalized spacial score (nSPS) is 16.0. The second-order valence-electron chi connectivity index (χ2n) is 7.71. The zero-order chi connectivity index (χ0) is 20.2. The van der Waals surface area contributed by atoms with E-state index in [1.165, 1.54) is 19.3 Å². The number of anilines is 1. The summed E-state index contributed by atoms with van der Waals surface area (Å²) >= 11 is 0. The molecule has 1 unspecified atom stereocenters. The minimum atomic E-state index is -0.923. The van der Waals surface area contributed by atoms with Gasteiger partial charge in [-0.25, -0.2) is 9.97 Å². The Kier molecular flexibility index (Phi) is 5.59. The molecule has 0 spiro atoms. The van der Waals surface area contributed by atoms with Crippen LogP contribution in [0.5, 0.6) is 0 Å². The first kappa shape index (κ1) is 19.2. The maximum absolute atomic E-state index is 11.8. The number of pyridine rings is 1. The molecule has 3 aromatic heterocycles. The van der Waals surface area contributed by atoms with Gasteiger partial charge in [0.15, 0.2) is 0 Å². The van der Waals surface area contributed by atoms with Gasteiger partial charge in [-0.05, 0) is 30.9 Å². The van der Waals surface area contributed by atoms with E-state index in [2.05, 4.69) is 15.1 Å². The van der Waals surface area contributed by atoms with Gasteiger partial charge in [0.05, 0.1) is 18.6 Å². The highest BCUT2D eigenvalue weighted by Crippen LogP contribution is 2.33. The van der Waals surface area contributed by atoms with E-state index < -0.39 is 11.9 Å². The van der Waals surface area contributed by atoms with Gasteiger partial charge in [0.1, 0.15) is 23.2 Å². The average molecular weight is 395 g/mol. The Labute approximate surface area is 168 Å². The third-order valence-electron chi connectivity index (χ3n) is 5.53. The largest absolute Gasteiger partial charge is 0.481 e. The van der Waals surface area contributed by atoms with Crippen LogP contribution >= 0.6 is 0 Å². The molecule has 8 nitrogen and oxygen atoms in total. The molecule has 4 rings (SSSR count). The van der Waals surface area contributed by atoms with Crippen molar-refractivity contribution in [2.24, 2.45) is 0 Å². The van der Waals surface area contributed by atoms with Gasteiger partial charge in [-0.15, -0.1) is 0 Å². The number of hydrogen-bond acceptors (Lipinski definition) is 6. The first-order chi connectivity index (χ1) is 14.1.